The molecule has 0 atom stereocenters. The first kappa shape index (κ1) is 16.9. The third-order valence-electron chi connectivity index (χ3n) is 4.57. The summed E-state index contributed by atoms with van der Waals surface area (Å²) in [6, 6.07) is 7.81. The molecule has 0 radical (unpaired) electrons. The van der Waals surface area contributed by atoms with Gasteiger partial charge in [0.2, 0.25) is 5.95 Å². The number of nitrogen functional groups attached to an aromatic ring is 1. The first-order chi connectivity index (χ1) is 13.1. The normalized spacial score (nSPS) is 11.1. The largest absolute Gasteiger partial charge is 0.384 e. The maximum absolute atomic E-state index is 5.79. The second-order valence-electron chi connectivity index (χ2n) is 6.28. The van der Waals surface area contributed by atoms with Crippen LogP contribution in [-0.4, -0.2) is 29.5 Å². The van der Waals surface area contributed by atoms with Gasteiger partial charge < -0.3 is 15.6 Å². The van der Waals surface area contributed by atoms with Gasteiger partial charge in [-0.25, -0.2) is 19.9 Å². The lowest BCUT2D eigenvalue weighted by Gasteiger charge is -2.10. The number of rotatable bonds is 4. The number of nitrogens with zero attached hydrogens (tertiary/aromatic N) is 6. The van der Waals surface area contributed by atoms with E-state index in [-0.39, 0.29) is 0 Å². The van der Waals surface area contributed by atoms with E-state index in [0.717, 1.165) is 11.3 Å². The Morgan fingerprint density at radius 2 is 1.96 bits per heavy atom. The molecule has 0 saturated carbocycles. The van der Waals surface area contributed by atoms with Crippen molar-refractivity contribution in [3.63, 3.8) is 0 Å². The van der Waals surface area contributed by atoms with Crippen LogP contribution in [0.1, 0.15) is 18.1 Å². The molecule has 27 heavy (non-hydrogen) atoms. The summed E-state index contributed by atoms with van der Waals surface area (Å²) >= 11 is 0. The van der Waals surface area contributed by atoms with Crippen LogP contribution in [0.25, 0.3) is 22.7 Å². The molecule has 136 valence electrons. The fourth-order valence-electron chi connectivity index (χ4n) is 2.98. The van der Waals surface area contributed by atoms with E-state index >= 15 is 0 Å². The summed E-state index contributed by atoms with van der Waals surface area (Å²) in [5.74, 6) is 1.62. The summed E-state index contributed by atoms with van der Waals surface area (Å²) in [5, 5.41) is 3.31. The van der Waals surface area contributed by atoms with E-state index in [9.17, 15) is 0 Å². The third kappa shape index (κ3) is 3.05. The molecule has 0 aliphatic rings. The zero-order chi connectivity index (χ0) is 19.0. The highest BCUT2D eigenvalue weighted by Gasteiger charge is 2.15. The van der Waals surface area contributed by atoms with Crippen molar-refractivity contribution in [2.75, 3.05) is 11.1 Å². The quantitative estimate of drug-likeness (QED) is 0.575. The number of anilines is 3. The van der Waals surface area contributed by atoms with Crippen LogP contribution in [0.15, 0.2) is 36.8 Å². The average molecular weight is 360 g/mol. The molecule has 0 aliphatic heterocycles. The van der Waals surface area contributed by atoms with Gasteiger partial charge in [-0.2, -0.15) is 4.98 Å². The lowest BCUT2D eigenvalue weighted by Crippen LogP contribution is -2.03. The topological polar surface area (TPSA) is 107 Å². The maximum Gasteiger partial charge on any atom is 0.229 e. The van der Waals surface area contributed by atoms with E-state index in [1.807, 2.05) is 23.6 Å². The van der Waals surface area contributed by atoms with E-state index < -0.39 is 0 Å². The second kappa shape index (κ2) is 6.64. The van der Waals surface area contributed by atoms with Crippen LogP contribution in [0.5, 0.6) is 0 Å². The first-order valence-corrected chi connectivity index (χ1v) is 8.71. The van der Waals surface area contributed by atoms with E-state index in [1.165, 1.54) is 17.5 Å². The molecule has 8 nitrogen and oxygen atoms in total. The van der Waals surface area contributed by atoms with Crippen LogP contribution in [0.2, 0.25) is 0 Å². The molecule has 3 aromatic heterocycles. The van der Waals surface area contributed by atoms with Crippen molar-refractivity contribution >= 4 is 28.6 Å². The lowest BCUT2D eigenvalue weighted by molar-refractivity contribution is 0.783. The molecule has 0 fully saturated rings. The van der Waals surface area contributed by atoms with Gasteiger partial charge in [0.05, 0.1) is 6.20 Å². The molecule has 0 spiro atoms. The Balaban J connectivity index is 1.79. The van der Waals surface area contributed by atoms with E-state index in [4.69, 9.17) is 5.73 Å². The van der Waals surface area contributed by atoms with Crippen molar-refractivity contribution in [1.29, 1.82) is 0 Å². The molecule has 0 bridgehead atoms. The molecule has 0 amide bonds. The number of nitrogens with one attached hydrogen (secondary N) is 1. The SMILES string of the molecule is CCn1c(-c2cc(N)ncn2)nc2cnc(Nc3cccc(C)c3C)nc21. The lowest BCUT2D eigenvalue weighted by atomic mass is 10.1. The predicted molar refractivity (Wildman–Crippen MR) is 106 cm³/mol. The van der Waals surface area contributed by atoms with Crippen LogP contribution < -0.4 is 11.1 Å². The summed E-state index contributed by atoms with van der Waals surface area (Å²) in [6.45, 7) is 6.88. The number of nitrogens with two attached hydrogens (primary N) is 1. The zero-order valence-electron chi connectivity index (χ0n) is 15.4. The fraction of sp³-hybridized carbons (Fsp3) is 0.211. The van der Waals surface area contributed by atoms with E-state index in [1.54, 1.807) is 12.3 Å². The number of aryl methyl sites for hydroxylation is 2. The Bertz CT molecular complexity index is 1130. The Labute approximate surface area is 156 Å². The predicted octanol–water partition coefficient (Wildman–Crippen LogP) is 3.25. The molecular weight excluding hydrogens is 340 g/mol. The minimum absolute atomic E-state index is 0.401. The minimum Gasteiger partial charge on any atom is -0.384 e. The van der Waals surface area contributed by atoms with Gasteiger partial charge in [-0.05, 0) is 38.0 Å². The van der Waals surface area contributed by atoms with Crippen LogP contribution in [0.4, 0.5) is 17.5 Å². The Morgan fingerprint density at radius 3 is 2.74 bits per heavy atom. The average Bonchev–Trinajstić information content (AvgIpc) is 3.03. The molecule has 0 unspecified atom stereocenters. The zero-order valence-corrected chi connectivity index (χ0v) is 15.4. The Morgan fingerprint density at radius 1 is 1.11 bits per heavy atom. The highest BCUT2D eigenvalue weighted by molar-refractivity contribution is 5.77. The second-order valence-corrected chi connectivity index (χ2v) is 6.28. The molecule has 3 heterocycles. The molecule has 4 aromatic rings. The molecule has 3 N–H and O–H groups in total. The number of aromatic nitrogens is 6. The highest BCUT2D eigenvalue weighted by Crippen LogP contribution is 2.25. The molecule has 1 aromatic carbocycles. The van der Waals surface area contributed by atoms with Gasteiger partial charge >= 0.3 is 0 Å². The third-order valence-corrected chi connectivity index (χ3v) is 4.57. The number of hydrogen-bond donors (Lipinski definition) is 2. The maximum atomic E-state index is 5.79. The Kier molecular flexibility index (Phi) is 4.15. The van der Waals surface area contributed by atoms with Crippen molar-refractivity contribution < 1.29 is 0 Å². The van der Waals surface area contributed by atoms with Gasteiger partial charge in [0.25, 0.3) is 0 Å². The van der Waals surface area contributed by atoms with Crippen LogP contribution in [0.3, 0.4) is 0 Å². The van der Waals surface area contributed by atoms with E-state index in [2.05, 4.69) is 50.2 Å². The number of imidazole rings is 1. The van der Waals surface area contributed by atoms with Crippen molar-refractivity contribution in [2.45, 2.75) is 27.3 Å². The van der Waals surface area contributed by atoms with Crippen LogP contribution >= 0.6 is 0 Å². The van der Waals surface area contributed by atoms with Gasteiger partial charge in [0.1, 0.15) is 23.4 Å². The molecule has 8 heteroatoms. The van der Waals surface area contributed by atoms with Crippen molar-refractivity contribution in [2.24, 2.45) is 0 Å². The monoisotopic (exact) mass is 360 g/mol. The summed E-state index contributed by atoms with van der Waals surface area (Å²) in [5.41, 5.74) is 11.3. The molecule has 0 aliphatic carbocycles. The van der Waals surface area contributed by atoms with Gasteiger partial charge in [-0.1, -0.05) is 12.1 Å². The standard InChI is InChI=1S/C19H20N8/c1-4-27-17(14-8-16(20)23-10-22-14)24-15-9-21-19(26-18(15)27)25-13-7-5-6-11(2)12(13)3/h5-10H,4H2,1-3H3,(H2,20,22,23)(H,21,25,26). The van der Waals surface area contributed by atoms with Crippen LogP contribution in [0, 0.1) is 13.8 Å². The number of benzene rings is 1. The summed E-state index contributed by atoms with van der Waals surface area (Å²) in [6.07, 6.45) is 3.15. The van der Waals surface area contributed by atoms with Gasteiger partial charge in [0.15, 0.2) is 11.5 Å². The molecule has 0 saturated heterocycles. The molecule has 4 rings (SSSR count). The number of fused-ring (bicyclic) bond motifs is 1. The first-order valence-electron chi connectivity index (χ1n) is 8.71. The Hall–Kier alpha value is -3.55. The van der Waals surface area contributed by atoms with Crippen LogP contribution in [-0.2, 0) is 6.54 Å². The van der Waals surface area contributed by atoms with Crippen molar-refractivity contribution in [1.82, 2.24) is 29.5 Å². The van der Waals surface area contributed by atoms with E-state index in [0.29, 0.717) is 35.3 Å². The fourth-order valence-corrected chi connectivity index (χ4v) is 2.98. The minimum atomic E-state index is 0.401. The van der Waals surface area contributed by atoms with Crippen molar-refractivity contribution in [3.8, 4) is 11.5 Å². The summed E-state index contributed by atoms with van der Waals surface area (Å²) in [4.78, 5) is 22.0. The number of hydrogen-bond acceptors (Lipinski definition) is 7. The summed E-state index contributed by atoms with van der Waals surface area (Å²) in [7, 11) is 0. The smallest absolute Gasteiger partial charge is 0.229 e. The van der Waals surface area contributed by atoms with Gasteiger partial charge in [0, 0.05) is 18.3 Å². The van der Waals surface area contributed by atoms with Crippen molar-refractivity contribution in [3.05, 3.63) is 47.9 Å². The van der Waals surface area contributed by atoms with Gasteiger partial charge in [-0.3, -0.25) is 0 Å². The molecular formula is C19H20N8. The summed E-state index contributed by atoms with van der Waals surface area (Å²) < 4.78 is 1.99. The highest BCUT2D eigenvalue weighted by atomic mass is 15.2. The van der Waals surface area contributed by atoms with Gasteiger partial charge in [-0.15, -0.1) is 0 Å².